The molecule has 5 heterocycles. The van der Waals surface area contributed by atoms with E-state index >= 15 is 0 Å². The Bertz CT molecular complexity index is 2590. The number of amides is 3. The number of aromatic nitrogens is 3. The number of likely N-dealkylation sites (tertiary alicyclic amines) is 1. The highest BCUT2D eigenvalue weighted by atomic mass is 16.7. The van der Waals surface area contributed by atoms with Crippen molar-refractivity contribution >= 4 is 34.7 Å². The number of aromatic amines is 1. The van der Waals surface area contributed by atoms with Crippen LogP contribution < -0.4 is 33.7 Å². The second-order valence-corrected chi connectivity index (χ2v) is 17.1. The highest BCUT2D eigenvalue weighted by molar-refractivity contribution is 6.07. The molecule has 2 N–H and O–H groups in total. The highest BCUT2D eigenvalue weighted by Crippen LogP contribution is 2.49. The van der Waals surface area contributed by atoms with E-state index in [2.05, 4.69) is 20.3 Å². The van der Waals surface area contributed by atoms with Crippen LogP contribution in [0.4, 0.5) is 4.79 Å². The zero-order valence-corrected chi connectivity index (χ0v) is 35.9. The van der Waals surface area contributed by atoms with E-state index in [1.165, 1.54) is 6.33 Å². The van der Waals surface area contributed by atoms with Gasteiger partial charge >= 0.3 is 6.09 Å². The second-order valence-electron chi connectivity index (χ2n) is 17.1. The number of nitrogens with one attached hydrogen (secondary N) is 2. The maximum Gasteiger partial charge on any atom is 0.413 e. The molecular formula is C48H51N7O9. The third-order valence-electron chi connectivity index (χ3n) is 13.1. The standard InChI is InChI=1S/C48H51N7O9/c1-59-35-15-14-30(23-38(35)60-2)41-32-10-6-7-11-33(32)46(56)55(53-41)31-18-20-54(21-19-31)47(57)34(22-28-8-4-3-5-9-28)52-48(58)64-39-24-49-44-42(39)50-26-51-43(44)40-36(61-25-29-12-13-29)16-17-37-45(40)63-27-62-37/h3-5,8-9,14-17,23-24,26,29,31-34,49H,6-7,10-13,18-22,25,27H2,1-2H3,(H,52,58)/t32-,33+,34-/m0/s1. The Morgan fingerprint density at radius 2 is 1.66 bits per heavy atom. The first-order valence-electron chi connectivity index (χ1n) is 22.2. The Morgan fingerprint density at radius 1 is 0.875 bits per heavy atom. The van der Waals surface area contributed by atoms with Crippen molar-refractivity contribution in [1.29, 1.82) is 0 Å². The number of hydrogen-bond acceptors (Lipinski definition) is 12. The van der Waals surface area contributed by atoms with E-state index in [1.807, 2.05) is 60.7 Å². The predicted octanol–water partition coefficient (Wildman–Crippen LogP) is 6.90. The van der Waals surface area contributed by atoms with Gasteiger partial charge in [-0.3, -0.25) is 9.59 Å². The van der Waals surface area contributed by atoms with Crippen LogP contribution >= 0.6 is 0 Å². The SMILES string of the molecule is COc1ccc(C2=NN(C3CCN(C(=O)[C@H](Cc4ccccc4)NC(=O)Oc4c[nH]c5c(-c6c(OCC7CC7)ccc7c6OCO7)ncnc45)CC3)C(=O)[C@@H]3CCCC[C@H]23)cc1OC. The first kappa shape index (κ1) is 41.2. The minimum atomic E-state index is -0.939. The number of H-pyrrole nitrogens is 1. The van der Waals surface area contributed by atoms with Crippen molar-refractivity contribution in [2.45, 2.75) is 69.9 Å². The maximum absolute atomic E-state index is 14.4. The Morgan fingerprint density at radius 3 is 2.44 bits per heavy atom. The Kier molecular flexibility index (Phi) is 11.4. The minimum Gasteiger partial charge on any atom is -0.493 e. The number of hydrogen-bond donors (Lipinski definition) is 2. The summed E-state index contributed by atoms with van der Waals surface area (Å²) < 4.78 is 34.8. The van der Waals surface area contributed by atoms with E-state index < -0.39 is 12.1 Å². The number of piperidine rings is 1. The summed E-state index contributed by atoms with van der Waals surface area (Å²) in [6, 6.07) is 17.9. The van der Waals surface area contributed by atoms with E-state index in [0.717, 1.165) is 55.4 Å². The summed E-state index contributed by atoms with van der Waals surface area (Å²) in [4.78, 5) is 56.4. The van der Waals surface area contributed by atoms with Gasteiger partial charge in [0.1, 0.15) is 29.3 Å². The highest BCUT2D eigenvalue weighted by Gasteiger charge is 2.44. The number of benzene rings is 3. The molecule has 3 amide bonds. The first-order valence-corrected chi connectivity index (χ1v) is 22.2. The normalized spacial score (nSPS) is 20.0. The lowest BCUT2D eigenvalue weighted by atomic mass is 9.73. The number of rotatable bonds is 13. The van der Waals surface area contributed by atoms with Crippen LogP contribution in [0, 0.1) is 17.8 Å². The number of fused-ring (bicyclic) bond motifs is 3. The average molecular weight is 870 g/mol. The average Bonchev–Trinajstić information content (AvgIpc) is 3.89. The number of nitrogens with zero attached hydrogens (tertiary/aromatic N) is 5. The van der Waals surface area contributed by atoms with Crippen molar-refractivity contribution in [1.82, 2.24) is 30.2 Å². The van der Waals surface area contributed by atoms with Gasteiger partial charge in [0.2, 0.25) is 18.6 Å². The molecule has 332 valence electrons. The fourth-order valence-electron chi connectivity index (χ4n) is 9.54. The molecule has 2 saturated carbocycles. The first-order chi connectivity index (χ1) is 31.4. The molecule has 1 saturated heterocycles. The van der Waals surface area contributed by atoms with Crippen molar-refractivity contribution in [3.05, 3.63) is 84.3 Å². The van der Waals surface area contributed by atoms with E-state index in [4.69, 9.17) is 33.5 Å². The van der Waals surface area contributed by atoms with Crippen molar-refractivity contribution < 1.29 is 42.8 Å². The van der Waals surface area contributed by atoms with Crippen LogP contribution in [0.25, 0.3) is 22.3 Å². The predicted molar refractivity (Wildman–Crippen MR) is 235 cm³/mol. The van der Waals surface area contributed by atoms with Gasteiger partial charge in [0.25, 0.3) is 0 Å². The molecule has 2 aromatic heterocycles. The van der Waals surface area contributed by atoms with Crippen LogP contribution in [0.15, 0.2) is 78.3 Å². The molecule has 0 spiro atoms. The van der Waals surface area contributed by atoms with Gasteiger partial charge in [-0.25, -0.2) is 19.8 Å². The summed E-state index contributed by atoms with van der Waals surface area (Å²) in [7, 11) is 3.22. The van der Waals surface area contributed by atoms with Crippen LogP contribution in [0.3, 0.4) is 0 Å². The molecule has 5 aliphatic rings. The second kappa shape index (κ2) is 17.7. The fourth-order valence-corrected chi connectivity index (χ4v) is 9.54. The minimum absolute atomic E-state index is 0.0267. The van der Waals surface area contributed by atoms with Gasteiger partial charge in [0.15, 0.2) is 28.7 Å². The van der Waals surface area contributed by atoms with Gasteiger partial charge in [0, 0.05) is 43.1 Å². The molecule has 0 unspecified atom stereocenters. The van der Waals surface area contributed by atoms with Gasteiger partial charge in [-0.2, -0.15) is 5.10 Å². The van der Waals surface area contributed by atoms with Crippen LogP contribution in [-0.2, 0) is 16.0 Å². The summed E-state index contributed by atoms with van der Waals surface area (Å²) in [5, 5.41) is 9.65. The third kappa shape index (κ3) is 8.12. The summed E-state index contributed by atoms with van der Waals surface area (Å²) >= 11 is 0. The van der Waals surface area contributed by atoms with E-state index in [1.54, 1.807) is 30.3 Å². The molecule has 0 radical (unpaired) electrons. The topological polar surface area (TPSA) is 179 Å². The Hall–Kier alpha value is -6.84. The number of methoxy groups -OCH3 is 2. The molecule has 3 aromatic carbocycles. The third-order valence-corrected chi connectivity index (χ3v) is 13.1. The summed E-state index contributed by atoms with van der Waals surface area (Å²) in [5.74, 6) is 3.30. The number of hydrazone groups is 1. The van der Waals surface area contributed by atoms with Crippen LogP contribution in [0.1, 0.15) is 62.5 Å². The van der Waals surface area contributed by atoms with E-state index in [0.29, 0.717) is 89.5 Å². The van der Waals surface area contributed by atoms with Crippen LogP contribution in [0.2, 0.25) is 0 Å². The summed E-state index contributed by atoms with van der Waals surface area (Å²) in [6.45, 7) is 1.42. The molecule has 2 aliphatic carbocycles. The lowest BCUT2D eigenvalue weighted by Crippen LogP contribution is -2.56. The van der Waals surface area contributed by atoms with Gasteiger partial charge in [0.05, 0.1) is 43.7 Å². The molecule has 10 rings (SSSR count). The Labute approximate surface area is 370 Å². The number of ether oxygens (including phenoxy) is 6. The molecule has 0 bridgehead atoms. The lowest BCUT2D eigenvalue weighted by molar-refractivity contribution is -0.143. The van der Waals surface area contributed by atoms with Crippen molar-refractivity contribution in [3.63, 3.8) is 0 Å². The van der Waals surface area contributed by atoms with Crippen molar-refractivity contribution in [2.24, 2.45) is 22.9 Å². The van der Waals surface area contributed by atoms with Gasteiger partial charge < -0.3 is 43.6 Å². The maximum atomic E-state index is 14.4. The molecule has 3 atom stereocenters. The fraction of sp³-hybridized carbons (Fsp3) is 0.417. The largest absolute Gasteiger partial charge is 0.493 e. The van der Waals surface area contributed by atoms with Crippen LogP contribution in [0.5, 0.6) is 34.5 Å². The molecule has 3 fully saturated rings. The summed E-state index contributed by atoms with van der Waals surface area (Å²) in [5.41, 5.74) is 4.67. The smallest absolute Gasteiger partial charge is 0.413 e. The number of carbonyl (C=O) groups excluding carboxylic acids is 3. The Balaban J connectivity index is 0.857. The molecule has 3 aliphatic heterocycles. The molecule has 16 nitrogen and oxygen atoms in total. The molecule has 64 heavy (non-hydrogen) atoms. The van der Waals surface area contributed by atoms with Gasteiger partial charge in [-0.15, -0.1) is 0 Å². The van der Waals surface area contributed by atoms with Crippen molar-refractivity contribution in [2.75, 3.05) is 40.7 Å². The molecule has 16 heteroatoms. The van der Waals surface area contributed by atoms with E-state index in [-0.39, 0.29) is 48.7 Å². The lowest BCUT2D eigenvalue weighted by Gasteiger charge is -2.43. The number of carbonyl (C=O) groups is 3. The van der Waals surface area contributed by atoms with E-state index in [9.17, 15) is 14.4 Å². The van der Waals surface area contributed by atoms with Crippen molar-refractivity contribution in [3.8, 4) is 45.8 Å². The molecular weight excluding hydrogens is 819 g/mol. The summed E-state index contributed by atoms with van der Waals surface area (Å²) in [6.07, 6.45) is 9.46. The van der Waals surface area contributed by atoms with Gasteiger partial charge in [-0.05, 0) is 80.3 Å². The zero-order valence-electron chi connectivity index (χ0n) is 35.9. The monoisotopic (exact) mass is 869 g/mol. The zero-order chi connectivity index (χ0) is 43.7. The molecule has 5 aromatic rings. The quantitative estimate of drug-likeness (QED) is 0.126. The van der Waals surface area contributed by atoms with Gasteiger partial charge in [-0.1, -0.05) is 43.2 Å². The van der Waals surface area contributed by atoms with Crippen LogP contribution in [-0.4, -0.2) is 101 Å².